The number of hydrogen-bond acceptors (Lipinski definition) is 3. The Morgan fingerprint density at radius 1 is 1.57 bits per heavy atom. The molecule has 0 aliphatic carbocycles. The van der Waals surface area contributed by atoms with Gasteiger partial charge >= 0.3 is 0 Å². The summed E-state index contributed by atoms with van der Waals surface area (Å²) >= 11 is 0. The molecule has 0 spiro atoms. The third kappa shape index (κ3) is 3.83. The van der Waals surface area contributed by atoms with E-state index >= 15 is 0 Å². The standard InChI is InChI=1S/C15H24N4O2/c1-4-12(14-16-5-6-17-14)18-15(21)11-7-13(20)19(9-11)8-10(2)3/h5-6,10-12H,4,7-9H2,1-3H3,(H,16,17)(H,18,21). The lowest BCUT2D eigenvalue weighted by Gasteiger charge is -2.20. The van der Waals surface area contributed by atoms with Gasteiger partial charge in [0.15, 0.2) is 0 Å². The second-order valence-corrected chi connectivity index (χ2v) is 6.04. The van der Waals surface area contributed by atoms with Crippen molar-refractivity contribution >= 4 is 11.8 Å². The number of nitrogens with zero attached hydrogens (tertiary/aromatic N) is 2. The van der Waals surface area contributed by atoms with Gasteiger partial charge in [-0.2, -0.15) is 0 Å². The fourth-order valence-electron chi connectivity index (χ4n) is 2.69. The number of carbonyl (C=O) groups is 2. The van der Waals surface area contributed by atoms with Crippen LogP contribution in [0.5, 0.6) is 0 Å². The molecule has 1 fully saturated rings. The zero-order valence-corrected chi connectivity index (χ0v) is 12.9. The molecule has 2 rings (SSSR count). The largest absolute Gasteiger partial charge is 0.347 e. The Hall–Kier alpha value is -1.85. The fourth-order valence-corrected chi connectivity index (χ4v) is 2.69. The van der Waals surface area contributed by atoms with Crippen molar-refractivity contribution in [2.75, 3.05) is 13.1 Å². The Morgan fingerprint density at radius 3 is 2.90 bits per heavy atom. The first-order valence-corrected chi connectivity index (χ1v) is 7.58. The van der Waals surface area contributed by atoms with Crippen LogP contribution in [0, 0.1) is 11.8 Å². The molecule has 0 bridgehead atoms. The quantitative estimate of drug-likeness (QED) is 0.833. The van der Waals surface area contributed by atoms with Crippen LogP contribution >= 0.6 is 0 Å². The third-order valence-electron chi connectivity index (χ3n) is 3.75. The summed E-state index contributed by atoms with van der Waals surface area (Å²) in [6, 6.07) is -0.123. The van der Waals surface area contributed by atoms with Crippen molar-refractivity contribution in [3.8, 4) is 0 Å². The number of imidazole rings is 1. The van der Waals surface area contributed by atoms with Gasteiger partial charge in [-0.3, -0.25) is 9.59 Å². The lowest BCUT2D eigenvalue weighted by Crippen LogP contribution is -2.36. The van der Waals surface area contributed by atoms with Crippen LogP contribution < -0.4 is 5.32 Å². The molecule has 1 aromatic rings. The third-order valence-corrected chi connectivity index (χ3v) is 3.75. The summed E-state index contributed by atoms with van der Waals surface area (Å²) in [4.78, 5) is 33.3. The number of carbonyl (C=O) groups excluding carboxylic acids is 2. The zero-order valence-electron chi connectivity index (χ0n) is 12.9. The zero-order chi connectivity index (χ0) is 15.4. The minimum atomic E-state index is -0.250. The van der Waals surface area contributed by atoms with E-state index in [0.717, 1.165) is 18.8 Å². The second kappa shape index (κ2) is 6.74. The molecule has 0 aromatic carbocycles. The van der Waals surface area contributed by atoms with Crippen molar-refractivity contribution in [2.24, 2.45) is 11.8 Å². The molecule has 0 radical (unpaired) electrons. The smallest absolute Gasteiger partial charge is 0.226 e. The molecular weight excluding hydrogens is 268 g/mol. The first kappa shape index (κ1) is 15.5. The van der Waals surface area contributed by atoms with Crippen LogP contribution in [0.3, 0.4) is 0 Å². The molecule has 21 heavy (non-hydrogen) atoms. The van der Waals surface area contributed by atoms with E-state index in [4.69, 9.17) is 0 Å². The number of aromatic nitrogens is 2. The van der Waals surface area contributed by atoms with E-state index in [2.05, 4.69) is 29.1 Å². The van der Waals surface area contributed by atoms with E-state index < -0.39 is 0 Å². The molecule has 0 saturated carbocycles. The van der Waals surface area contributed by atoms with Crippen LogP contribution in [0.2, 0.25) is 0 Å². The first-order chi connectivity index (χ1) is 10.0. The Kier molecular flexibility index (Phi) is 4.98. The second-order valence-electron chi connectivity index (χ2n) is 6.04. The molecule has 2 N–H and O–H groups in total. The fraction of sp³-hybridized carbons (Fsp3) is 0.667. The summed E-state index contributed by atoms with van der Waals surface area (Å²) < 4.78 is 0. The van der Waals surface area contributed by atoms with Crippen molar-refractivity contribution in [1.29, 1.82) is 0 Å². The van der Waals surface area contributed by atoms with Crippen molar-refractivity contribution in [3.63, 3.8) is 0 Å². The molecule has 1 aliphatic heterocycles. The van der Waals surface area contributed by atoms with E-state index in [1.807, 2.05) is 6.92 Å². The SMILES string of the molecule is CCC(NC(=O)C1CC(=O)N(CC(C)C)C1)c1ncc[nH]1. The van der Waals surface area contributed by atoms with E-state index in [0.29, 0.717) is 18.9 Å². The topological polar surface area (TPSA) is 78.1 Å². The van der Waals surface area contributed by atoms with Crippen molar-refractivity contribution in [2.45, 2.75) is 39.7 Å². The Bertz CT molecular complexity index is 484. The van der Waals surface area contributed by atoms with Gasteiger partial charge in [-0.15, -0.1) is 0 Å². The highest BCUT2D eigenvalue weighted by molar-refractivity contribution is 5.89. The first-order valence-electron chi connectivity index (χ1n) is 7.58. The number of rotatable bonds is 6. The summed E-state index contributed by atoms with van der Waals surface area (Å²) in [6.45, 7) is 7.39. The van der Waals surface area contributed by atoms with E-state index in [-0.39, 0.29) is 23.8 Å². The highest BCUT2D eigenvalue weighted by Gasteiger charge is 2.35. The highest BCUT2D eigenvalue weighted by Crippen LogP contribution is 2.21. The van der Waals surface area contributed by atoms with Gasteiger partial charge in [-0.05, 0) is 12.3 Å². The molecule has 6 nitrogen and oxygen atoms in total. The Morgan fingerprint density at radius 2 is 2.33 bits per heavy atom. The molecule has 6 heteroatoms. The predicted molar refractivity (Wildman–Crippen MR) is 79.3 cm³/mol. The average molecular weight is 292 g/mol. The number of hydrogen-bond donors (Lipinski definition) is 2. The lowest BCUT2D eigenvalue weighted by molar-refractivity contribution is -0.129. The predicted octanol–water partition coefficient (Wildman–Crippen LogP) is 1.48. The molecule has 1 aromatic heterocycles. The number of aromatic amines is 1. The summed E-state index contributed by atoms with van der Waals surface area (Å²) in [5.74, 6) is 0.949. The minimum absolute atomic E-state index is 0.0575. The van der Waals surface area contributed by atoms with Crippen LogP contribution in [-0.2, 0) is 9.59 Å². The van der Waals surface area contributed by atoms with Crippen LogP contribution in [0.1, 0.15) is 45.5 Å². The molecule has 1 saturated heterocycles. The number of nitrogens with one attached hydrogen (secondary N) is 2. The molecule has 2 unspecified atom stereocenters. The summed E-state index contributed by atoms with van der Waals surface area (Å²) in [5, 5.41) is 2.99. The van der Waals surface area contributed by atoms with E-state index in [9.17, 15) is 9.59 Å². The van der Waals surface area contributed by atoms with Gasteiger partial charge < -0.3 is 15.2 Å². The van der Waals surface area contributed by atoms with Gasteiger partial charge in [-0.1, -0.05) is 20.8 Å². The monoisotopic (exact) mass is 292 g/mol. The normalized spacial score (nSPS) is 20.1. The number of likely N-dealkylation sites (tertiary alicyclic amines) is 1. The van der Waals surface area contributed by atoms with E-state index in [1.165, 1.54) is 0 Å². The Labute approximate surface area is 125 Å². The number of amides is 2. The van der Waals surface area contributed by atoms with Crippen molar-refractivity contribution in [3.05, 3.63) is 18.2 Å². The van der Waals surface area contributed by atoms with Crippen molar-refractivity contribution in [1.82, 2.24) is 20.2 Å². The molecule has 1 aliphatic rings. The molecular formula is C15H24N4O2. The molecule has 2 heterocycles. The van der Waals surface area contributed by atoms with Gasteiger partial charge in [0.05, 0.1) is 12.0 Å². The maximum absolute atomic E-state index is 12.4. The number of H-pyrrole nitrogens is 1. The van der Waals surface area contributed by atoms with Gasteiger partial charge in [0.1, 0.15) is 5.82 Å². The van der Waals surface area contributed by atoms with Gasteiger partial charge in [0.2, 0.25) is 11.8 Å². The minimum Gasteiger partial charge on any atom is -0.347 e. The van der Waals surface area contributed by atoms with E-state index in [1.54, 1.807) is 17.3 Å². The van der Waals surface area contributed by atoms with Crippen LogP contribution in [-0.4, -0.2) is 39.8 Å². The van der Waals surface area contributed by atoms with Gasteiger partial charge in [0.25, 0.3) is 0 Å². The highest BCUT2D eigenvalue weighted by atomic mass is 16.2. The summed E-state index contributed by atoms with van der Waals surface area (Å²) in [6.07, 6.45) is 4.49. The molecule has 2 amide bonds. The lowest BCUT2D eigenvalue weighted by atomic mass is 10.1. The van der Waals surface area contributed by atoms with Crippen molar-refractivity contribution < 1.29 is 9.59 Å². The maximum atomic E-state index is 12.4. The van der Waals surface area contributed by atoms with Crippen LogP contribution in [0.4, 0.5) is 0 Å². The average Bonchev–Trinajstić information content (AvgIpc) is 3.06. The summed E-state index contributed by atoms with van der Waals surface area (Å²) in [7, 11) is 0. The van der Waals surface area contributed by atoms with Gasteiger partial charge in [0, 0.05) is 31.9 Å². The van der Waals surface area contributed by atoms with Gasteiger partial charge in [-0.25, -0.2) is 4.98 Å². The van der Waals surface area contributed by atoms with Crippen LogP contribution in [0.15, 0.2) is 12.4 Å². The summed E-state index contributed by atoms with van der Waals surface area (Å²) in [5.41, 5.74) is 0. The Balaban J connectivity index is 1.93. The molecule has 2 atom stereocenters. The van der Waals surface area contributed by atoms with Crippen LogP contribution in [0.25, 0.3) is 0 Å². The molecule has 116 valence electrons. The maximum Gasteiger partial charge on any atom is 0.226 e.